The lowest BCUT2D eigenvalue weighted by atomic mass is 9.97. The number of aryl methyl sites for hydroxylation is 2. The van der Waals surface area contributed by atoms with Crippen LogP contribution in [0.25, 0.3) is 17.1 Å². The first-order chi connectivity index (χ1) is 15.9. The molecule has 2 aromatic heterocycles. The van der Waals surface area contributed by atoms with Gasteiger partial charge in [-0.1, -0.05) is 50.2 Å². The molecule has 0 atom stereocenters. The number of hydrogen-bond donors (Lipinski definition) is 0. The van der Waals surface area contributed by atoms with Crippen LogP contribution in [-0.2, 0) is 17.8 Å². The number of aromatic nitrogens is 4. The first-order valence-electron chi connectivity index (χ1n) is 11.3. The van der Waals surface area contributed by atoms with Crippen LogP contribution in [0.1, 0.15) is 47.8 Å². The Morgan fingerprint density at radius 1 is 1.03 bits per heavy atom. The molecule has 1 amide bonds. The van der Waals surface area contributed by atoms with E-state index in [0.717, 1.165) is 33.8 Å². The molecule has 166 valence electrons. The molecule has 0 radical (unpaired) electrons. The van der Waals surface area contributed by atoms with Gasteiger partial charge in [0, 0.05) is 23.0 Å². The molecule has 6 nitrogen and oxygen atoms in total. The highest BCUT2D eigenvalue weighted by molar-refractivity contribution is 6.00. The summed E-state index contributed by atoms with van der Waals surface area (Å²) in [5.41, 5.74) is 7.23. The zero-order chi connectivity index (χ0) is 23.1. The van der Waals surface area contributed by atoms with Crippen molar-refractivity contribution in [2.75, 3.05) is 4.90 Å². The van der Waals surface area contributed by atoms with Crippen LogP contribution in [0.3, 0.4) is 0 Å². The number of rotatable bonds is 5. The number of anilines is 1. The minimum absolute atomic E-state index is 0.0521. The number of amides is 1. The zero-order valence-corrected chi connectivity index (χ0v) is 19.4. The predicted molar refractivity (Wildman–Crippen MR) is 129 cm³/mol. The highest BCUT2D eigenvalue weighted by Crippen LogP contribution is 2.32. The fourth-order valence-corrected chi connectivity index (χ4v) is 4.45. The van der Waals surface area contributed by atoms with Gasteiger partial charge in [-0.3, -0.25) is 9.69 Å². The molecule has 3 heterocycles. The van der Waals surface area contributed by atoms with Crippen LogP contribution in [0.2, 0.25) is 0 Å². The van der Waals surface area contributed by atoms with Crippen LogP contribution in [-0.4, -0.2) is 25.7 Å². The average Bonchev–Trinajstić information content (AvgIpc) is 3.31. The molecule has 5 rings (SSSR count). The summed E-state index contributed by atoms with van der Waals surface area (Å²) in [6.07, 6.45) is 2.14. The minimum Gasteiger partial charge on any atom is -0.292 e. The molecular weight excluding hydrogens is 410 g/mol. The second kappa shape index (κ2) is 8.28. The molecule has 1 aliphatic rings. The number of fused-ring (bicyclic) bond motifs is 1. The van der Waals surface area contributed by atoms with Crippen molar-refractivity contribution < 1.29 is 4.79 Å². The summed E-state index contributed by atoms with van der Waals surface area (Å²) in [6, 6.07) is 18.5. The Morgan fingerprint density at radius 3 is 2.48 bits per heavy atom. The molecule has 0 aliphatic carbocycles. The highest BCUT2D eigenvalue weighted by atomic mass is 16.2. The van der Waals surface area contributed by atoms with Crippen molar-refractivity contribution in [2.45, 2.75) is 46.6 Å². The third kappa shape index (κ3) is 3.93. The number of hydrogen-bond acceptors (Lipinski definition) is 4. The van der Waals surface area contributed by atoms with Gasteiger partial charge in [-0.25, -0.2) is 14.6 Å². The molecule has 33 heavy (non-hydrogen) atoms. The van der Waals surface area contributed by atoms with Crippen molar-refractivity contribution in [3.8, 4) is 17.1 Å². The van der Waals surface area contributed by atoms with E-state index in [1.54, 1.807) is 11.1 Å². The van der Waals surface area contributed by atoms with Gasteiger partial charge in [-0.2, -0.15) is 5.10 Å². The van der Waals surface area contributed by atoms with Crippen molar-refractivity contribution >= 4 is 11.7 Å². The lowest BCUT2D eigenvalue weighted by Gasteiger charge is -2.18. The summed E-state index contributed by atoms with van der Waals surface area (Å²) in [5.74, 6) is 1.79. The number of benzene rings is 2. The Morgan fingerprint density at radius 2 is 1.79 bits per heavy atom. The molecule has 4 aromatic rings. The van der Waals surface area contributed by atoms with Crippen LogP contribution in [0.15, 0.2) is 60.8 Å². The minimum atomic E-state index is 0.0521. The van der Waals surface area contributed by atoms with Crippen molar-refractivity contribution in [3.05, 3.63) is 88.9 Å². The predicted octanol–water partition coefficient (Wildman–Crippen LogP) is 5.16. The second-order valence-corrected chi connectivity index (χ2v) is 8.95. The Hall–Kier alpha value is -3.80. The van der Waals surface area contributed by atoms with Gasteiger partial charge < -0.3 is 0 Å². The standard InChI is InChI=1S/C27H27N5O/c1-17(2)23-7-5-6-8-24(23)26-28-15-21-14-25(33)31(27(21)29-26)16-20-9-11-22(12-10-20)32-19(4)13-18(3)30-32/h5-13,15,17H,14,16H2,1-4H3. The topological polar surface area (TPSA) is 63.9 Å². The molecule has 0 unspecified atom stereocenters. The van der Waals surface area contributed by atoms with E-state index in [9.17, 15) is 4.79 Å². The maximum atomic E-state index is 12.8. The van der Waals surface area contributed by atoms with E-state index in [1.165, 1.54) is 5.56 Å². The van der Waals surface area contributed by atoms with E-state index < -0.39 is 0 Å². The van der Waals surface area contributed by atoms with E-state index in [0.29, 0.717) is 30.5 Å². The average molecular weight is 438 g/mol. The number of carbonyl (C=O) groups excluding carboxylic acids is 1. The Bertz CT molecular complexity index is 1340. The Labute approximate surface area is 193 Å². The molecule has 0 spiro atoms. The van der Waals surface area contributed by atoms with Crippen molar-refractivity contribution in [2.24, 2.45) is 0 Å². The fourth-order valence-electron chi connectivity index (χ4n) is 4.45. The first kappa shape index (κ1) is 21.1. The summed E-state index contributed by atoms with van der Waals surface area (Å²) in [5, 5.41) is 4.55. The zero-order valence-electron chi connectivity index (χ0n) is 19.4. The molecule has 1 aliphatic heterocycles. The fraction of sp³-hybridized carbons (Fsp3) is 0.259. The quantitative estimate of drug-likeness (QED) is 0.433. The molecule has 0 saturated heterocycles. The third-order valence-electron chi connectivity index (χ3n) is 6.09. The normalized spacial score (nSPS) is 13.1. The van der Waals surface area contributed by atoms with Crippen LogP contribution in [0.5, 0.6) is 0 Å². The van der Waals surface area contributed by atoms with Crippen LogP contribution in [0, 0.1) is 13.8 Å². The van der Waals surface area contributed by atoms with E-state index in [4.69, 9.17) is 4.98 Å². The summed E-state index contributed by atoms with van der Waals surface area (Å²) < 4.78 is 1.93. The van der Waals surface area contributed by atoms with Gasteiger partial charge in [0.2, 0.25) is 5.91 Å². The van der Waals surface area contributed by atoms with Gasteiger partial charge >= 0.3 is 0 Å². The number of nitrogens with zero attached hydrogens (tertiary/aromatic N) is 5. The van der Waals surface area contributed by atoms with Gasteiger partial charge in [0.05, 0.1) is 24.3 Å². The van der Waals surface area contributed by atoms with Crippen molar-refractivity contribution in [1.29, 1.82) is 0 Å². The number of carbonyl (C=O) groups is 1. The monoisotopic (exact) mass is 437 g/mol. The summed E-state index contributed by atoms with van der Waals surface area (Å²) in [4.78, 5) is 24.1. The Kier molecular flexibility index (Phi) is 5.29. The summed E-state index contributed by atoms with van der Waals surface area (Å²) in [6.45, 7) is 8.84. The molecule has 0 N–H and O–H groups in total. The summed E-state index contributed by atoms with van der Waals surface area (Å²) >= 11 is 0. The lowest BCUT2D eigenvalue weighted by molar-refractivity contribution is -0.117. The van der Waals surface area contributed by atoms with E-state index in [-0.39, 0.29) is 5.91 Å². The van der Waals surface area contributed by atoms with Gasteiger partial charge in [-0.15, -0.1) is 0 Å². The smallest absolute Gasteiger partial charge is 0.233 e. The lowest BCUT2D eigenvalue weighted by Crippen LogP contribution is -2.26. The van der Waals surface area contributed by atoms with E-state index in [2.05, 4.69) is 42.1 Å². The first-order valence-corrected chi connectivity index (χ1v) is 11.3. The second-order valence-electron chi connectivity index (χ2n) is 8.95. The van der Waals surface area contributed by atoms with Gasteiger partial charge in [0.15, 0.2) is 5.82 Å². The van der Waals surface area contributed by atoms with Gasteiger partial charge in [0.1, 0.15) is 5.82 Å². The molecular formula is C27H27N5O. The van der Waals surface area contributed by atoms with Crippen LogP contribution in [0.4, 0.5) is 5.82 Å². The van der Waals surface area contributed by atoms with Crippen molar-refractivity contribution in [3.63, 3.8) is 0 Å². The largest absolute Gasteiger partial charge is 0.292 e. The highest BCUT2D eigenvalue weighted by Gasteiger charge is 2.30. The molecule has 0 saturated carbocycles. The van der Waals surface area contributed by atoms with Crippen molar-refractivity contribution in [1.82, 2.24) is 19.7 Å². The maximum absolute atomic E-state index is 12.8. The molecule has 0 bridgehead atoms. The third-order valence-corrected chi connectivity index (χ3v) is 6.09. The van der Waals surface area contributed by atoms with Crippen LogP contribution < -0.4 is 4.90 Å². The van der Waals surface area contributed by atoms with E-state index in [1.807, 2.05) is 54.9 Å². The van der Waals surface area contributed by atoms with E-state index >= 15 is 0 Å². The molecule has 6 heteroatoms. The summed E-state index contributed by atoms with van der Waals surface area (Å²) in [7, 11) is 0. The van der Waals surface area contributed by atoms with Crippen LogP contribution >= 0.6 is 0 Å². The maximum Gasteiger partial charge on any atom is 0.233 e. The molecule has 0 fully saturated rings. The Balaban J connectivity index is 1.44. The van der Waals surface area contributed by atoms with Gasteiger partial charge in [0.25, 0.3) is 0 Å². The SMILES string of the molecule is Cc1cc(C)n(-c2ccc(CN3C(=O)Cc4cnc(-c5ccccc5C(C)C)nc43)cc2)n1. The molecule has 2 aromatic carbocycles. The van der Waals surface area contributed by atoms with Gasteiger partial charge in [-0.05, 0) is 49.1 Å².